The maximum Gasteiger partial charge on any atom is 0.250 e. The molecule has 7 nitrogen and oxygen atoms in total. The van der Waals surface area contributed by atoms with Crippen LogP contribution in [0.15, 0.2) is 48.7 Å². The van der Waals surface area contributed by atoms with Crippen molar-refractivity contribution < 1.29 is 4.79 Å². The second-order valence-electron chi connectivity index (χ2n) is 10.3. The molecule has 37 heavy (non-hydrogen) atoms. The van der Waals surface area contributed by atoms with Gasteiger partial charge in [0, 0.05) is 18.8 Å². The van der Waals surface area contributed by atoms with E-state index in [9.17, 15) is 4.79 Å². The fourth-order valence-electron chi connectivity index (χ4n) is 5.08. The third-order valence-corrected chi connectivity index (χ3v) is 6.81. The van der Waals surface area contributed by atoms with Crippen molar-refractivity contribution in [1.29, 1.82) is 0 Å². The number of piperidine rings is 1. The van der Waals surface area contributed by atoms with E-state index in [1.165, 1.54) is 44.1 Å². The number of amides is 1. The van der Waals surface area contributed by atoms with Crippen molar-refractivity contribution in [2.45, 2.75) is 86.2 Å². The van der Waals surface area contributed by atoms with Crippen LogP contribution >= 0.6 is 0 Å². The smallest absolute Gasteiger partial charge is 0.250 e. The summed E-state index contributed by atoms with van der Waals surface area (Å²) in [6.45, 7) is 20.8. The molecular formula is C30H48N6O. The van der Waals surface area contributed by atoms with Crippen LogP contribution in [0.2, 0.25) is 0 Å². The summed E-state index contributed by atoms with van der Waals surface area (Å²) in [6, 6.07) is 1.98. The minimum atomic E-state index is -0.476. The Bertz CT molecular complexity index is 1080. The Morgan fingerprint density at radius 1 is 1.24 bits per heavy atom. The first-order valence-corrected chi connectivity index (χ1v) is 13.9. The summed E-state index contributed by atoms with van der Waals surface area (Å²) in [5.74, 6) is 0.312. The number of aryl methyl sites for hydroxylation is 1. The highest BCUT2D eigenvalue weighted by Gasteiger charge is 2.25. The second-order valence-corrected chi connectivity index (χ2v) is 10.3. The maximum absolute atomic E-state index is 11.8. The first kappa shape index (κ1) is 30.3. The fourth-order valence-corrected chi connectivity index (χ4v) is 5.08. The zero-order valence-electron chi connectivity index (χ0n) is 23.9. The number of allylic oxidation sites excluding steroid dienone is 5. The van der Waals surface area contributed by atoms with E-state index in [4.69, 9.17) is 10.7 Å². The summed E-state index contributed by atoms with van der Waals surface area (Å²) >= 11 is 0. The quantitative estimate of drug-likeness (QED) is 0.327. The fraction of sp³-hybridized carbons (Fsp3) is 0.567. The van der Waals surface area contributed by atoms with Crippen LogP contribution in [-0.2, 0) is 6.54 Å². The zero-order valence-corrected chi connectivity index (χ0v) is 23.9. The number of nitrogens with two attached hydrogens (primary N) is 1. The molecule has 1 unspecified atom stereocenters. The number of carbonyl (C=O) groups is 1. The molecule has 1 aliphatic rings. The Morgan fingerprint density at radius 2 is 1.95 bits per heavy atom. The molecule has 1 amide bonds. The van der Waals surface area contributed by atoms with Crippen molar-refractivity contribution in [2.24, 2.45) is 11.1 Å². The Morgan fingerprint density at radius 3 is 2.57 bits per heavy atom. The highest BCUT2D eigenvalue weighted by molar-refractivity contribution is 5.95. The monoisotopic (exact) mass is 508 g/mol. The Hall–Kier alpha value is -2.93. The summed E-state index contributed by atoms with van der Waals surface area (Å²) in [7, 11) is 0. The second kappa shape index (κ2) is 14.7. The van der Waals surface area contributed by atoms with Crippen LogP contribution in [0.3, 0.4) is 0 Å². The minimum Gasteiger partial charge on any atom is -0.366 e. The highest BCUT2D eigenvalue weighted by atomic mass is 16.1. The van der Waals surface area contributed by atoms with Gasteiger partial charge < -0.3 is 20.5 Å². The lowest BCUT2D eigenvalue weighted by Gasteiger charge is -2.30. The van der Waals surface area contributed by atoms with Crippen molar-refractivity contribution in [3.8, 4) is 0 Å². The zero-order chi connectivity index (χ0) is 27.4. The van der Waals surface area contributed by atoms with Crippen LogP contribution in [0, 0.1) is 5.41 Å². The number of hydrogen-bond donors (Lipinski definition) is 2. The first-order valence-electron chi connectivity index (χ1n) is 13.9. The van der Waals surface area contributed by atoms with Crippen molar-refractivity contribution in [1.82, 2.24) is 19.4 Å². The molecule has 2 aromatic rings. The molecule has 1 fully saturated rings. The lowest BCUT2D eigenvalue weighted by atomic mass is 9.78. The first-order chi connectivity index (χ1) is 17.7. The third-order valence-electron chi connectivity index (χ3n) is 6.81. The number of imidazole rings is 1. The number of hydrogen-bond acceptors (Lipinski definition) is 5. The van der Waals surface area contributed by atoms with E-state index in [1.54, 1.807) is 0 Å². The Kier molecular flexibility index (Phi) is 12.1. The van der Waals surface area contributed by atoms with E-state index in [0.29, 0.717) is 11.2 Å². The number of nitrogens with zero attached hydrogens (tertiary/aromatic N) is 4. The van der Waals surface area contributed by atoms with Crippen molar-refractivity contribution in [3.63, 3.8) is 0 Å². The number of rotatable bonds is 12. The van der Waals surface area contributed by atoms with Gasteiger partial charge in [0.2, 0.25) is 11.9 Å². The molecule has 0 radical (unpaired) electrons. The van der Waals surface area contributed by atoms with Gasteiger partial charge in [0.1, 0.15) is 0 Å². The van der Waals surface area contributed by atoms with Crippen LogP contribution in [0.4, 0.5) is 5.95 Å². The molecule has 0 bridgehead atoms. The molecule has 1 atom stereocenters. The van der Waals surface area contributed by atoms with Gasteiger partial charge in [0.25, 0.3) is 0 Å². The average Bonchev–Trinajstić information content (AvgIpc) is 3.21. The Labute approximate surface area is 223 Å². The van der Waals surface area contributed by atoms with Gasteiger partial charge in [-0.25, -0.2) is 4.98 Å². The number of carbonyl (C=O) groups excluding carboxylic acids is 1. The van der Waals surface area contributed by atoms with Gasteiger partial charge in [-0.2, -0.15) is 4.98 Å². The van der Waals surface area contributed by atoms with E-state index >= 15 is 0 Å². The van der Waals surface area contributed by atoms with Gasteiger partial charge in [-0.05, 0) is 76.2 Å². The van der Waals surface area contributed by atoms with Crippen LogP contribution in [0.5, 0.6) is 0 Å². The molecule has 1 saturated heterocycles. The SMILES string of the molecule is C=C/C=C(\C=C/C)C(C)(C)CC(C)Nc1nc2ncc(C(N)=O)cc2n1CCCN1CCCCC1.CC. The van der Waals surface area contributed by atoms with Crippen molar-refractivity contribution in [3.05, 3.63) is 54.3 Å². The van der Waals surface area contributed by atoms with Gasteiger partial charge in [-0.1, -0.05) is 65.0 Å². The molecule has 0 aliphatic carbocycles. The normalized spacial score (nSPS) is 15.9. The van der Waals surface area contributed by atoms with Crippen LogP contribution < -0.4 is 11.1 Å². The molecule has 204 valence electrons. The molecule has 0 aromatic carbocycles. The van der Waals surface area contributed by atoms with E-state index in [-0.39, 0.29) is 11.5 Å². The van der Waals surface area contributed by atoms with Gasteiger partial charge in [-0.15, -0.1) is 0 Å². The molecule has 7 heteroatoms. The highest BCUT2D eigenvalue weighted by Crippen LogP contribution is 2.34. The predicted octanol–water partition coefficient (Wildman–Crippen LogP) is 6.34. The van der Waals surface area contributed by atoms with Gasteiger partial charge in [0.15, 0.2) is 5.65 Å². The summed E-state index contributed by atoms with van der Waals surface area (Å²) < 4.78 is 2.16. The molecule has 1 aliphatic heterocycles. The lowest BCUT2D eigenvalue weighted by molar-refractivity contribution is 0.1000. The third kappa shape index (κ3) is 8.56. The van der Waals surface area contributed by atoms with E-state index in [0.717, 1.165) is 37.4 Å². The molecule has 0 saturated carbocycles. The lowest BCUT2D eigenvalue weighted by Crippen LogP contribution is -2.31. The number of pyridine rings is 1. The summed E-state index contributed by atoms with van der Waals surface area (Å²) in [5, 5.41) is 3.64. The molecule has 0 spiro atoms. The van der Waals surface area contributed by atoms with Gasteiger partial charge >= 0.3 is 0 Å². The van der Waals surface area contributed by atoms with E-state index in [1.807, 2.05) is 32.9 Å². The van der Waals surface area contributed by atoms with Crippen molar-refractivity contribution >= 4 is 23.0 Å². The number of nitrogens with one attached hydrogen (secondary N) is 1. The van der Waals surface area contributed by atoms with Gasteiger partial charge in [-0.3, -0.25) is 4.79 Å². The van der Waals surface area contributed by atoms with E-state index in [2.05, 4.69) is 65.3 Å². The number of fused-ring (bicyclic) bond motifs is 1. The van der Waals surface area contributed by atoms with E-state index < -0.39 is 5.91 Å². The maximum atomic E-state index is 11.8. The number of primary amides is 1. The van der Waals surface area contributed by atoms with Crippen LogP contribution in [0.25, 0.3) is 11.2 Å². The average molecular weight is 509 g/mol. The number of likely N-dealkylation sites (tertiary alicyclic amines) is 1. The predicted molar refractivity (Wildman–Crippen MR) is 157 cm³/mol. The Balaban J connectivity index is 0.00000235. The topological polar surface area (TPSA) is 89.1 Å². The van der Waals surface area contributed by atoms with Crippen LogP contribution in [0.1, 0.15) is 84.0 Å². The summed E-state index contributed by atoms with van der Waals surface area (Å²) in [6.07, 6.45) is 15.5. The summed E-state index contributed by atoms with van der Waals surface area (Å²) in [5.41, 5.74) is 8.61. The molecular weight excluding hydrogens is 460 g/mol. The summed E-state index contributed by atoms with van der Waals surface area (Å²) in [4.78, 5) is 23.6. The molecule has 3 N–H and O–H groups in total. The number of aromatic nitrogens is 3. The molecule has 3 rings (SSSR count). The largest absolute Gasteiger partial charge is 0.366 e. The molecule has 2 aromatic heterocycles. The van der Waals surface area contributed by atoms with Gasteiger partial charge in [0.05, 0.1) is 11.1 Å². The van der Waals surface area contributed by atoms with Crippen molar-refractivity contribution in [2.75, 3.05) is 25.0 Å². The standard InChI is InChI=1S/C28H42N6O.C2H6/c1-6-12-23(13-7-2)28(4,5)19-21(3)31-27-32-26-24(18-22(20-30-26)25(29)35)34(27)17-11-16-33-14-9-8-10-15-33;1-2/h6-7,12-13,18,20-21H,1,8-11,14-17,19H2,2-5H3,(H2,29,35)(H,30,31,32);1-2H3/b13-7-,23-12+;. The number of anilines is 1. The minimum absolute atomic E-state index is 0.0460. The molecule has 3 heterocycles. The van der Waals surface area contributed by atoms with Crippen LogP contribution in [-0.4, -0.2) is 51.0 Å².